The largest absolute Gasteiger partial charge is 0.481 e. The van der Waals surface area contributed by atoms with Gasteiger partial charge in [0.25, 0.3) is 0 Å². The van der Waals surface area contributed by atoms with Gasteiger partial charge in [-0.1, -0.05) is 6.92 Å². The molecule has 1 aliphatic rings. The molecular weight excluding hydrogens is 184 g/mol. The van der Waals surface area contributed by atoms with Gasteiger partial charge < -0.3 is 14.9 Å². The van der Waals surface area contributed by atoms with Crippen LogP contribution in [0.3, 0.4) is 0 Å². The topological polar surface area (TPSA) is 66.8 Å². The zero-order valence-corrected chi connectivity index (χ0v) is 8.53. The van der Waals surface area contributed by atoms with E-state index >= 15 is 0 Å². The number of aliphatic hydroxyl groups excluding tert-OH is 1. The molecule has 2 atom stereocenters. The molecule has 0 spiro atoms. The van der Waals surface area contributed by atoms with E-state index in [-0.39, 0.29) is 6.61 Å². The molecule has 1 heterocycles. The number of carbonyl (C=O) groups is 1. The minimum Gasteiger partial charge on any atom is -0.481 e. The predicted molar refractivity (Wildman–Crippen MR) is 51.0 cm³/mol. The molecule has 0 aromatic rings. The highest BCUT2D eigenvalue weighted by molar-refractivity contribution is 5.75. The van der Waals surface area contributed by atoms with Crippen LogP contribution < -0.4 is 0 Å². The van der Waals surface area contributed by atoms with E-state index in [0.717, 1.165) is 6.42 Å². The first-order chi connectivity index (χ1) is 6.60. The van der Waals surface area contributed by atoms with Crippen molar-refractivity contribution in [1.82, 2.24) is 0 Å². The third-order valence-electron chi connectivity index (χ3n) is 2.87. The summed E-state index contributed by atoms with van der Waals surface area (Å²) in [6, 6.07) is 0. The van der Waals surface area contributed by atoms with Crippen molar-refractivity contribution < 1.29 is 19.7 Å². The number of hydrogen-bond donors (Lipinski definition) is 2. The van der Waals surface area contributed by atoms with Gasteiger partial charge in [-0.25, -0.2) is 0 Å². The maximum Gasteiger partial charge on any atom is 0.312 e. The fourth-order valence-corrected chi connectivity index (χ4v) is 1.86. The Balaban J connectivity index is 2.65. The van der Waals surface area contributed by atoms with Gasteiger partial charge >= 0.3 is 5.97 Å². The Morgan fingerprint density at radius 3 is 2.79 bits per heavy atom. The monoisotopic (exact) mass is 202 g/mol. The van der Waals surface area contributed by atoms with Crippen LogP contribution in [0.4, 0.5) is 0 Å². The van der Waals surface area contributed by atoms with Crippen molar-refractivity contribution in [1.29, 1.82) is 0 Å². The highest BCUT2D eigenvalue weighted by atomic mass is 16.5. The van der Waals surface area contributed by atoms with Crippen molar-refractivity contribution >= 4 is 5.97 Å². The standard InChI is InChI=1S/C10H18O4/c1-2-8(11)6-10(9(12)13)4-3-5-14-7-10/h8,11H,2-7H2,1H3,(H,12,13). The van der Waals surface area contributed by atoms with Crippen LogP contribution >= 0.6 is 0 Å². The van der Waals surface area contributed by atoms with E-state index in [1.807, 2.05) is 6.92 Å². The van der Waals surface area contributed by atoms with Crippen LogP contribution in [-0.4, -0.2) is 35.5 Å². The van der Waals surface area contributed by atoms with Crippen LogP contribution in [0.25, 0.3) is 0 Å². The Kier molecular flexibility index (Phi) is 3.89. The Labute approximate surface area is 83.9 Å². The highest BCUT2D eigenvalue weighted by Gasteiger charge is 2.41. The molecule has 2 N–H and O–H groups in total. The molecule has 0 aliphatic carbocycles. The molecule has 14 heavy (non-hydrogen) atoms. The maximum absolute atomic E-state index is 11.1. The smallest absolute Gasteiger partial charge is 0.312 e. The second-order valence-electron chi connectivity index (χ2n) is 4.01. The summed E-state index contributed by atoms with van der Waals surface area (Å²) in [5.41, 5.74) is -0.853. The number of aliphatic hydroxyl groups is 1. The van der Waals surface area contributed by atoms with Crippen LogP contribution in [0.5, 0.6) is 0 Å². The molecule has 82 valence electrons. The molecule has 1 saturated heterocycles. The van der Waals surface area contributed by atoms with E-state index in [0.29, 0.717) is 25.9 Å². The molecule has 0 aromatic heterocycles. The average Bonchev–Trinajstić information content (AvgIpc) is 2.19. The summed E-state index contributed by atoms with van der Waals surface area (Å²) >= 11 is 0. The van der Waals surface area contributed by atoms with E-state index < -0.39 is 17.5 Å². The molecule has 0 radical (unpaired) electrons. The lowest BCUT2D eigenvalue weighted by Crippen LogP contribution is -2.41. The zero-order chi connectivity index (χ0) is 10.6. The van der Waals surface area contributed by atoms with Gasteiger partial charge in [0.15, 0.2) is 0 Å². The predicted octanol–water partition coefficient (Wildman–Crippen LogP) is 1.03. The second kappa shape index (κ2) is 4.75. The number of carboxylic acid groups (broad SMARTS) is 1. The number of aliphatic carboxylic acids is 1. The van der Waals surface area contributed by atoms with Crippen molar-refractivity contribution in [3.63, 3.8) is 0 Å². The van der Waals surface area contributed by atoms with E-state index in [2.05, 4.69) is 0 Å². The van der Waals surface area contributed by atoms with Gasteiger partial charge in [0, 0.05) is 6.61 Å². The van der Waals surface area contributed by atoms with Gasteiger partial charge in [-0.2, -0.15) is 0 Å². The number of rotatable bonds is 4. The highest BCUT2D eigenvalue weighted by Crippen LogP contribution is 2.34. The van der Waals surface area contributed by atoms with Crippen LogP contribution in [0.1, 0.15) is 32.6 Å². The molecule has 4 heteroatoms. The number of hydrogen-bond acceptors (Lipinski definition) is 3. The lowest BCUT2D eigenvalue weighted by molar-refractivity contribution is -0.160. The first-order valence-corrected chi connectivity index (χ1v) is 5.10. The Bertz CT molecular complexity index is 196. The summed E-state index contributed by atoms with van der Waals surface area (Å²) in [7, 11) is 0. The zero-order valence-electron chi connectivity index (χ0n) is 8.53. The van der Waals surface area contributed by atoms with Crippen LogP contribution in [0.15, 0.2) is 0 Å². The van der Waals surface area contributed by atoms with Crippen LogP contribution in [0.2, 0.25) is 0 Å². The quantitative estimate of drug-likeness (QED) is 0.714. The molecule has 1 fully saturated rings. The normalized spacial score (nSPS) is 29.9. The lowest BCUT2D eigenvalue weighted by atomic mass is 9.77. The van der Waals surface area contributed by atoms with Crippen molar-refractivity contribution in [2.45, 2.75) is 38.7 Å². The van der Waals surface area contributed by atoms with Gasteiger partial charge in [-0.3, -0.25) is 4.79 Å². The molecule has 1 rings (SSSR count). The van der Waals surface area contributed by atoms with Crippen molar-refractivity contribution in [2.24, 2.45) is 5.41 Å². The van der Waals surface area contributed by atoms with E-state index in [1.165, 1.54) is 0 Å². The molecular formula is C10H18O4. The Morgan fingerprint density at radius 2 is 2.36 bits per heavy atom. The second-order valence-corrected chi connectivity index (χ2v) is 4.01. The minimum atomic E-state index is -0.853. The average molecular weight is 202 g/mol. The maximum atomic E-state index is 11.1. The molecule has 2 unspecified atom stereocenters. The molecule has 4 nitrogen and oxygen atoms in total. The Hall–Kier alpha value is -0.610. The summed E-state index contributed by atoms with van der Waals surface area (Å²) < 4.78 is 5.20. The fourth-order valence-electron chi connectivity index (χ4n) is 1.86. The van der Waals surface area contributed by atoms with Gasteiger partial charge in [-0.15, -0.1) is 0 Å². The van der Waals surface area contributed by atoms with Crippen molar-refractivity contribution in [2.75, 3.05) is 13.2 Å². The van der Waals surface area contributed by atoms with E-state index in [1.54, 1.807) is 0 Å². The summed E-state index contributed by atoms with van der Waals surface area (Å²) in [5, 5.41) is 18.6. The van der Waals surface area contributed by atoms with Gasteiger partial charge in [-0.05, 0) is 25.7 Å². The number of ether oxygens (including phenoxy) is 1. The fraction of sp³-hybridized carbons (Fsp3) is 0.900. The summed E-state index contributed by atoms with van der Waals surface area (Å²) in [6.45, 7) is 2.72. The molecule has 1 aliphatic heterocycles. The summed E-state index contributed by atoms with van der Waals surface area (Å²) in [6.07, 6.45) is 1.74. The molecule has 0 aromatic carbocycles. The van der Waals surface area contributed by atoms with Gasteiger partial charge in [0.2, 0.25) is 0 Å². The third kappa shape index (κ3) is 2.45. The minimum absolute atomic E-state index is 0.236. The van der Waals surface area contributed by atoms with Crippen LogP contribution in [0, 0.1) is 5.41 Å². The third-order valence-corrected chi connectivity index (χ3v) is 2.87. The van der Waals surface area contributed by atoms with Crippen molar-refractivity contribution in [3.8, 4) is 0 Å². The Morgan fingerprint density at radius 1 is 1.64 bits per heavy atom. The molecule has 0 bridgehead atoms. The lowest BCUT2D eigenvalue weighted by Gasteiger charge is -2.34. The van der Waals surface area contributed by atoms with Crippen LogP contribution in [-0.2, 0) is 9.53 Å². The van der Waals surface area contributed by atoms with Gasteiger partial charge in [0.05, 0.1) is 18.1 Å². The first kappa shape index (κ1) is 11.5. The molecule has 0 amide bonds. The summed E-state index contributed by atoms with van der Waals surface area (Å²) in [4.78, 5) is 11.1. The SMILES string of the molecule is CCC(O)CC1(C(=O)O)CCCOC1. The summed E-state index contributed by atoms with van der Waals surface area (Å²) in [5.74, 6) is -0.843. The number of carboxylic acids is 1. The van der Waals surface area contributed by atoms with E-state index in [9.17, 15) is 9.90 Å². The first-order valence-electron chi connectivity index (χ1n) is 5.10. The van der Waals surface area contributed by atoms with Crippen molar-refractivity contribution in [3.05, 3.63) is 0 Å². The molecule has 0 saturated carbocycles. The van der Waals surface area contributed by atoms with Gasteiger partial charge in [0.1, 0.15) is 0 Å². The van der Waals surface area contributed by atoms with E-state index in [4.69, 9.17) is 9.84 Å².